The van der Waals surface area contributed by atoms with E-state index in [0.29, 0.717) is 13.0 Å². The van der Waals surface area contributed by atoms with Crippen molar-refractivity contribution in [2.75, 3.05) is 0 Å². The third-order valence-electron chi connectivity index (χ3n) is 3.09. The molecule has 1 unspecified atom stereocenters. The topological polar surface area (TPSA) is 88.2 Å². The summed E-state index contributed by atoms with van der Waals surface area (Å²) in [5.41, 5.74) is 6.81. The molecule has 0 spiro atoms. The molecular formula is C15H19N3O2S. The number of phenols is 1. The minimum absolute atomic E-state index is 0.198. The van der Waals surface area contributed by atoms with Crippen molar-refractivity contribution >= 4 is 17.2 Å². The van der Waals surface area contributed by atoms with E-state index in [-0.39, 0.29) is 11.7 Å². The molecule has 5 nitrogen and oxygen atoms in total. The van der Waals surface area contributed by atoms with E-state index < -0.39 is 6.04 Å². The van der Waals surface area contributed by atoms with Crippen LogP contribution >= 0.6 is 11.3 Å². The average molecular weight is 305 g/mol. The number of nitrogens with two attached hydrogens (primary N) is 1. The Labute approximate surface area is 127 Å². The van der Waals surface area contributed by atoms with Crippen LogP contribution in [0, 0.1) is 0 Å². The molecule has 2 rings (SSSR count). The lowest BCUT2D eigenvalue weighted by atomic mass is 10.1. The lowest BCUT2D eigenvalue weighted by molar-refractivity contribution is -0.122. The highest BCUT2D eigenvalue weighted by atomic mass is 32.1. The van der Waals surface area contributed by atoms with Gasteiger partial charge in [-0.3, -0.25) is 4.79 Å². The molecule has 0 aliphatic rings. The highest BCUT2D eigenvalue weighted by Gasteiger charge is 2.14. The Balaban J connectivity index is 1.83. The molecule has 0 aliphatic carbocycles. The Hall–Kier alpha value is -1.92. The smallest absolute Gasteiger partial charge is 0.237 e. The van der Waals surface area contributed by atoms with E-state index in [9.17, 15) is 9.90 Å². The normalized spacial score (nSPS) is 12.1. The molecule has 0 radical (unpaired) electrons. The van der Waals surface area contributed by atoms with E-state index >= 15 is 0 Å². The van der Waals surface area contributed by atoms with Gasteiger partial charge in [-0.1, -0.05) is 19.1 Å². The Bertz CT molecular complexity index is 595. The Morgan fingerprint density at radius 2 is 2.14 bits per heavy atom. The second kappa shape index (κ2) is 7.19. The second-order valence-corrected chi connectivity index (χ2v) is 5.97. The van der Waals surface area contributed by atoms with Crippen molar-refractivity contribution in [3.8, 4) is 5.75 Å². The van der Waals surface area contributed by atoms with Crippen LogP contribution in [0.2, 0.25) is 0 Å². The third-order valence-corrected chi connectivity index (χ3v) is 4.23. The molecule has 0 bridgehead atoms. The number of hydrogen-bond acceptors (Lipinski definition) is 5. The summed E-state index contributed by atoms with van der Waals surface area (Å²) in [7, 11) is 0. The maximum Gasteiger partial charge on any atom is 0.237 e. The Kier molecular flexibility index (Phi) is 5.30. The molecule has 1 heterocycles. The van der Waals surface area contributed by atoms with Crippen molar-refractivity contribution < 1.29 is 9.90 Å². The van der Waals surface area contributed by atoms with E-state index in [1.807, 2.05) is 6.20 Å². The predicted octanol–water partition coefficient (Wildman–Crippen LogP) is 1.60. The number of rotatable bonds is 6. The number of thiazole rings is 1. The van der Waals surface area contributed by atoms with Crippen molar-refractivity contribution in [1.29, 1.82) is 0 Å². The summed E-state index contributed by atoms with van der Waals surface area (Å²) in [5, 5.41) is 12.9. The summed E-state index contributed by atoms with van der Waals surface area (Å²) >= 11 is 1.60. The quantitative estimate of drug-likeness (QED) is 0.756. The van der Waals surface area contributed by atoms with Gasteiger partial charge in [-0.05, 0) is 30.5 Å². The van der Waals surface area contributed by atoms with Crippen molar-refractivity contribution in [3.05, 3.63) is 45.9 Å². The van der Waals surface area contributed by atoms with Gasteiger partial charge in [-0.2, -0.15) is 0 Å². The highest BCUT2D eigenvalue weighted by molar-refractivity contribution is 7.11. The summed E-state index contributed by atoms with van der Waals surface area (Å²) in [5.74, 6) is 0.00333. The van der Waals surface area contributed by atoms with E-state index in [1.54, 1.807) is 35.6 Å². The van der Waals surface area contributed by atoms with Gasteiger partial charge in [0.15, 0.2) is 0 Å². The van der Waals surface area contributed by atoms with Crippen molar-refractivity contribution in [2.45, 2.75) is 32.4 Å². The fourth-order valence-electron chi connectivity index (χ4n) is 1.87. The van der Waals surface area contributed by atoms with Gasteiger partial charge in [-0.25, -0.2) is 4.98 Å². The number of phenolic OH excluding ortho intramolecular Hbond substituents is 1. The maximum atomic E-state index is 12.0. The molecule has 0 saturated heterocycles. The van der Waals surface area contributed by atoms with Gasteiger partial charge in [0.05, 0.1) is 12.6 Å². The first kappa shape index (κ1) is 15.5. The number of aryl methyl sites for hydroxylation is 1. The van der Waals surface area contributed by atoms with Crippen molar-refractivity contribution in [2.24, 2.45) is 5.73 Å². The largest absolute Gasteiger partial charge is 0.508 e. The van der Waals surface area contributed by atoms with Gasteiger partial charge >= 0.3 is 0 Å². The summed E-state index contributed by atoms with van der Waals surface area (Å²) in [6, 6.07) is 6.08. The number of benzene rings is 1. The molecule has 1 aromatic heterocycles. The molecule has 0 aliphatic heterocycles. The van der Waals surface area contributed by atoms with Crippen LogP contribution in [0.5, 0.6) is 5.75 Å². The number of amides is 1. The summed E-state index contributed by atoms with van der Waals surface area (Å²) in [6.07, 6.45) is 3.22. The second-order valence-electron chi connectivity index (χ2n) is 4.77. The van der Waals surface area contributed by atoms with E-state index in [4.69, 9.17) is 5.73 Å². The van der Waals surface area contributed by atoms with Gasteiger partial charge in [0.2, 0.25) is 5.91 Å². The molecule has 2 aromatic rings. The number of nitrogens with one attached hydrogen (secondary N) is 1. The van der Waals surface area contributed by atoms with E-state index in [0.717, 1.165) is 17.0 Å². The van der Waals surface area contributed by atoms with Crippen molar-refractivity contribution in [3.63, 3.8) is 0 Å². The average Bonchev–Trinajstić information content (AvgIpc) is 2.95. The van der Waals surface area contributed by atoms with Crippen LogP contribution in [0.1, 0.15) is 22.4 Å². The standard InChI is InChI=1S/C15H19N3O2S/c1-2-12-8-17-14(21-12)9-18-15(20)13(16)7-10-3-5-11(19)6-4-10/h3-6,8,13,19H,2,7,9,16H2,1H3,(H,18,20). The zero-order valence-electron chi connectivity index (χ0n) is 11.9. The van der Waals surface area contributed by atoms with E-state index in [2.05, 4.69) is 17.2 Å². The number of carbonyl (C=O) groups excluding carboxylic acids is 1. The number of aromatic nitrogens is 1. The molecule has 1 amide bonds. The van der Waals surface area contributed by atoms with Crippen LogP contribution in [0.4, 0.5) is 0 Å². The number of nitrogens with zero attached hydrogens (tertiary/aromatic N) is 1. The van der Waals surface area contributed by atoms with Gasteiger partial charge in [-0.15, -0.1) is 11.3 Å². The first-order chi connectivity index (χ1) is 10.1. The predicted molar refractivity (Wildman–Crippen MR) is 83.1 cm³/mol. The molecule has 21 heavy (non-hydrogen) atoms. The van der Waals surface area contributed by atoms with E-state index in [1.165, 1.54) is 4.88 Å². The SMILES string of the molecule is CCc1cnc(CNC(=O)C(N)Cc2ccc(O)cc2)s1. The van der Waals surface area contributed by atoms with Gasteiger partial charge < -0.3 is 16.2 Å². The highest BCUT2D eigenvalue weighted by Crippen LogP contribution is 2.13. The number of hydrogen-bond donors (Lipinski definition) is 3. The van der Waals surface area contributed by atoms with Gasteiger partial charge in [0.1, 0.15) is 10.8 Å². The van der Waals surface area contributed by atoms with Crippen LogP contribution in [0.3, 0.4) is 0 Å². The zero-order valence-corrected chi connectivity index (χ0v) is 12.7. The summed E-state index contributed by atoms with van der Waals surface area (Å²) in [6.45, 7) is 2.48. The number of aromatic hydroxyl groups is 1. The lowest BCUT2D eigenvalue weighted by Gasteiger charge is -2.11. The molecule has 4 N–H and O–H groups in total. The Morgan fingerprint density at radius 3 is 2.76 bits per heavy atom. The van der Waals surface area contributed by atoms with Crippen LogP contribution in [-0.4, -0.2) is 22.0 Å². The molecule has 6 heteroatoms. The van der Waals surface area contributed by atoms with Crippen LogP contribution in [-0.2, 0) is 24.2 Å². The first-order valence-electron chi connectivity index (χ1n) is 6.83. The van der Waals surface area contributed by atoms with Crippen molar-refractivity contribution in [1.82, 2.24) is 10.3 Å². The summed E-state index contributed by atoms with van der Waals surface area (Å²) < 4.78 is 0. The monoisotopic (exact) mass is 305 g/mol. The van der Waals surface area contributed by atoms with Crippen LogP contribution in [0.25, 0.3) is 0 Å². The molecule has 112 valence electrons. The molecule has 0 fully saturated rings. The fraction of sp³-hybridized carbons (Fsp3) is 0.333. The zero-order chi connectivity index (χ0) is 15.2. The third kappa shape index (κ3) is 4.54. The molecule has 1 aromatic carbocycles. The van der Waals surface area contributed by atoms with Gasteiger partial charge in [0, 0.05) is 11.1 Å². The minimum atomic E-state index is -0.611. The fourth-order valence-corrected chi connectivity index (χ4v) is 2.67. The lowest BCUT2D eigenvalue weighted by Crippen LogP contribution is -2.41. The minimum Gasteiger partial charge on any atom is -0.508 e. The molecule has 1 atom stereocenters. The first-order valence-corrected chi connectivity index (χ1v) is 7.65. The molecule has 0 saturated carbocycles. The maximum absolute atomic E-state index is 12.0. The van der Waals surface area contributed by atoms with Gasteiger partial charge in [0.25, 0.3) is 0 Å². The Morgan fingerprint density at radius 1 is 1.43 bits per heavy atom. The number of carbonyl (C=O) groups is 1. The summed E-state index contributed by atoms with van der Waals surface area (Å²) in [4.78, 5) is 17.4. The van der Waals surface area contributed by atoms with Crippen LogP contribution in [0.15, 0.2) is 30.5 Å². The molecular weight excluding hydrogens is 286 g/mol. The van der Waals surface area contributed by atoms with Crippen LogP contribution < -0.4 is 11.1 Å².